The summed E-state index contributed by atoms with van der Waals surface area (Å²) in [5.41, 5.74) is 0.639. The number of ether oxygens (including phenoxy) is 2. The lowest BCUT2D eigenvalue weighted by atomic mass is 10.2. The zero-order valence-electron chi connectivity index (χ0n) is 16.6. The maximum Gasteiger partial charge on any atom is 0.277 e. The van der Waals surface area contributed by atoms with Crippen LogP contribution in [0.1, 0.15) is 38.4 Å². The van der Waals surface area contributed by atoms with E-state index in [1.54, 1.807) is 20.8 Å². The molecule has 0 aliphatic heterocycles. The Kier molecular flexibility index (Phi) is 5.95. The highest BCUT2D eigenvalue weighted by atomic mass is 19.1. The SMILES string of the molecule is CCCc1cnc(-n2nc(OC(C)C)c(Oc3c(F)cccc3F)c2C)[nH]c1=O. The van der Waals surface area contributed by atoms with Gasteiger partial charge in [-0.25, -0.2) is 13.8 Å². The lowest BCUT2D eigenvalue weighted by Gasteiger charge is -2.11. The third kappa shape index (κ3) is 4.28. The third-order valence-corrected chi connectivity index (χ3v) is 4.08. The summed E-state index contributed by atoms with van der Waals surface area (Å²) >= 11 is 0. The van der Waals surface area contributed by atoms with E-state index in [0.29, 0.717) is 17.7 Å². The Bertz CT molecular complexity index is 1060. The van der Waals surface area contributed by atoms with Crippen molar-refractivity contribution in [3.63, 3.8) is 0 Å². The lowest BCUT2D eigenvalue weighted by molar-refractivity contribution is 0.222. The Labute approximate surface area is 166 Å². The average Bonchev–Trinajstić information content (AvgIpc) is 2.95. The van der Waals surface area contributed by atoms with Gasteiger partial charge in [0, 0.05) is 11.8 Å². The maximum atomic E-state index is 14.1. The predicted octanol–water partition coefficient (Wildman–Crippen LogP) is 4.07. The monoisotopic (exact) mass is 404 g/mol. The second-order valence-corrected chi connectivity index (χ2v) is 6.76. The highest BCUT2D eigenvalue weighted by molar-refractivity contribution is 5.45. The van der Waals surface area contributed by atoms with Gasteiger partial charge in [-0.05, 0) is 39.3 Å². The summed E-state index contributed by atoms with van der Waals surface area (Å²) < 4.78 is 40.6. The van der Waals surface area contributed by atoms with Gasteiger partial charge in [0.05, 0.1) is 11.8 Å². The molecule has 0 bridgehead atoms. The molecular weight excluding hydrogens is 382 g/mol. The van der Waals surface area contributed by atoms with Crippen LogP contribution in [0.3, 0.4) is 0 Å². The van der Waals surface area contributed by atoms with E-state index in [-0.39, 0.29) is 29.2 Å². The topological polar surface area (TPSA) is 82.0 Å². The highest BCUT2D eigenvalue weighted by Crippen LogP contribution is 2.37. The first-order chi connectivity index (χ1) is 13.8. The second kappa shape index (κ2) is 8.42. The third-order valence-electron chi connectivity index (χ3n) is 4.08. The van der Waals surface area contributed by atoms with E-state index in [0.717, 1.165) is 18.6 Å². The number of rotatable bonds is 7. The molecular formula is C20H22F2N4O3. The van der Waals surface area contributed by atoms with Gasteiger partial charge in [-0.15, -0.1) is 5.10 Å². The van der Waals surface area contributed by atoms with Gasteiger partial charge in [0.25, 0.3) is 11.4 Å². The second-order valence-electron chi connectivity index (χ2n) is 6.76. The summed E-state index contributed by atoms with van der Waals surface area (Å²) in [7, 11) is 0. The first-order valence-electron chi connectivity index (χ1n) is 9.28. The van der Waals surface area contributed by atoms with E-state index < -0.39 is 17.4 Å². The summed E-state index contributed by atoms with van der Waals surface area (Å²) in [5, 5.41) is 4.28. The van der Waals surface area contributed by atoms with Gasteiger partial charge in [-0.1, -0.05) is 19.4 Å². The van der Waals surface area contributed by atoms with E-state index in [4.69, 9.17) is 9.47 Å². The molecule has 3 rings (SSSR count). The van der Waals surface area contributed by atoms with Gasteiger partial charge in [0.2, 0.25) is 11.7 Å². The van der Waals surface area contributed by atoms with Crippen molar-refractivity contribution in [1.29, 1.82) is 0 Å². The number of nitrogens with zero attached hydrogens (tertiary/aromatic N) is 3. The summed E-state index contributed by atoms with van der Waals surface area (Å²) in [6, 6.07) is 3.42. The molecule has 1 aromatic carbocycles. The van der Waals surface area contributed by atoms with E-state index in [1.165, 1.54) is 16.9 Å². The largest absolute Gasteiger partial charge is 0.471 e. The van der Waals surface area contributed by atoms with Crippen LogP contribution in [0.15, 0.2) is 29.2 Å². The van der Waals surface area contributed by atoms with E-state index in [2.05, 4.69) is 15.1 Å². The number of halogens is 2. The number of para-hydroxylation sites is 1. The Hall–Kier alpha value is -3.23. The van der Waals surface area contributed by atoms with Crippen molar-refractivity contribution < 1.29 is 18.3 Å². The normalized spacial score (nSPS) is 11.1. The quantitative estimate of drug-likeness (QED) is 0.642. The molecule has 0 fully saturated rings. The summed E-state index contributed by atoms with van der Waals surface area (Å²) in [6.45, 7) is 7.14. The lowest BCUT2D eigenvalue weighted by Crippen LogP contribution is -2.18. The van der Waals surface area contributed by atoms with Gasteiger partial charge < -0.3 is 9.47 Å². The highest BCUT2D eigenvalue weighted by Gasteiger charge is 2.24. The van der Waals surface area contributed by atoms with Crippen LogP contribution in [0.2, 0.25) is 0 Å². The zero-order valence-corrected chi connectivity index (χ0v) is 16.6. The van der Waals surface area contributed by atoms with Crippen molar-refractivity contribution in [2.24, 2.45) is 0 Å². The van der Waals surface area contributed by atoms with Crippen molar-refractivity contribution in [2.75, 3.05) is 0 Å². The van der Waals surface area contributed by atoms with E-state index in [1.807, 2.05) is 6.92 Å². The molecule has 0 amide bonds. The molecule has 9 heteroatoms. The van der Waals surface area contributed by atoms with Gasteiger partial charge >= 0.3 is 0 Å². The van der Waals surface area contributed by atoms with E-state index >= 15 is 0 Å². The molecule has 0 saturated heterocycles. The number of nitrogens with one attached hydrogen (secondary N) is 1. The number of aryl methyl sites for hydroxylation is 1. The van der Waals surface area contributed by atoms with Crippen LogP contribution >= 0.6 is 0 Å². The smallest absolute Gasteiger partial charge is 0.277 e. The molecule has 1 N–H and O–H groups in total. The molecule has 154 valence electrons. The fraction of sp³-hybridized carbons (Fsp3) is 0.350. The van der Waals surface area contributed by atoms with Crippen LogP contribution in [-0.2, 0) is 6.42 Å². The average molecular weight is 404 g/mol. The number of hydrogen-bond donors (Lipinski definition) is 1. The van der Waals surface area contributed by atoms with Gasteiger partial charge in [-0.3, -0.25) is 9.78 Å². The van der Waals surface area contributed by atoms with Gasteiger partial charge in [0.1, 0.15) is 0 Å². The van der Waals surface area contributed by atoms with Crippen molar-refractivity contribution in [3.8, 4) is 23.3 Å². The Balaban J connectivity index is 2.09. The Morgan fingerprint density at radius 1 is 1.21 bits per heavy atom. The minimum absolute atomic E-state index is 0.0282. The zero-order chi connectivity index (χ0) is 21.1. The van der Waals surface area contributed by atoms with Gasteiger partial charge in [-0.2, -0.15) is 4.68 Å². The van der Waals surface area contributed by atoms with Crippen LogP contribution < -0.4 is 15.0 Å². The minimum Gasteiger partial charge on any atom is -0.471 e. The van der Waals surface area contributed by atoms with Crippen molar-refractivity contribution in [2.45, 2.75) is 46.6 Å². The van der Waals surface area contributed by atoms with Gasteiger partial charge in [0.15, 0.2) is 17.4 Å². The first-order valence-corrected chi connectivity index (χ1v) is 9.28. The number of hydrogen-bond acceptors (Lipinski definition) is 5. The maximum absolute atomic E-state index is 14.1. The molecule has 29 heavy (non-hydrogen) atoms. The summed E-state index contributed by atoms with van der Waals surface area (Å²) in [5.74, 6) is -2.08. The molecule has 0 radical (unpaired) electrons. The Morgan fingerprint density at radius 2 is 1.90 bits per heavy atom. The molecule has 0 aliphatic rings. The predicted molar refractivity (Wildman–Crippen MR) is 103 cm³/mol. The van der Waals surface area contributed by atoms with Crippen molar-refractivity contribution in [3.05, 3.63) is 57.6 Å². The molecule has 0 aliphatic carbocycles. The fourth-order valence-corrected chi connectivity index (χ4v) is 2.74. The van der Waals surface area contributed by atoms with Crippen LogP contribution in [0.4, 0.5) is 8.78 Å². The molecule has 2 aromatic heterocycles. The molecule has 7 nitrogen and oxygen atoms in total. The van der Waals surface area contributed by atoms with Crippen LogP contribution in [0.25, 0.3) is 5.95 Å². The van der Waals surface area contributed by atoms with Crippen molar-refractivity contribution in [1.82, 2.24) is 19.7 Å². The minimum atomic E-state index is -0.858. The van der Waals surface area contributed by atoms with E-state index in [9.17, 15) is 13.6 Å². The van der Waals surface area contributed by atoms with Crippen LogP contribution in [0, 0.1) is 18.6 Å². The molecule has 0 atom stereocenters. The molecule has 3 aromatic rings. The standard InChI is InChI=1S/C20H22F2N4O3/c1-5-7-13-10-23-20(24-18(13)27)26-12(4)16(19(25-26)28-11(2)3)29-17-14(21)8-6-9-15(17)22/h6,8-11H,5,7H2,1-4H3,(H,23,24,27). The summed E-state index contributed by atoms with van der Waals surface area (Å²) in [4.78, 5) is 19.2. The number of benzene rings is 1. The molecule has 0 unspecified atom stereocenters. The van der Waals surface area contributed by atoms with Crippen LogP contribution in [-0.4, -0.2) is 25.9 Å². The number of aromatic nitrogens is 4. The molecule has 0 spiro atoms. The summed E-state index contributed by atoms with van der Waals surface area (Å²) in [6.07, 6.45) is 2.62. The Morgan fingerprint density at radius 3 is 2.48 bits per heavy atom. The van der Waals surface area contributed by atoms with Crippen molar-refractivity contribution >= 4 is 0 Å². The molecule has 2 heterocycles. The number of aromatic amines is 1. The fourth-order valence-electron chi connectivity index (χ4n) is 2.74. The molecule has 0 saturated carbocycles. The number of H-pyrrole nitrogens is 1. The van der Waals surface area contributed by atoms with Crippen LogP contribution in [0.5, 0.6) is 17.4 Å². The first kappa shape index (κ1) is 20.5.